The fraction of sp³-hybridized carbons (Fsp3) is 0.643. The van der Waals surface area contributed by atoms with Gasteiger partial charge in [-0.1, -0.05) is 13.8 Å². The van der Waals surface area contributed by atoms with Crippen molar-refractivity contribution in [2.45, 2.75) is 39.7 Å². The van der Waals surface area contributed by atoms with Crippen molar-refractivity contribution in [1.82, 2.24) is 4.90 Å². The van der Waals surface area contributed by atoms with Gasteiger partial charge in [-0.25, -0.2) is 0 Å². The predicted molar refractivity (Wildman–Crippen MR) is 71.9 cm³/mol. The smallest absolute Gasteiger partial charge is 0.222 e. The van der Waals surface area contributed by atoms with Crippen molar-refractivity contribution in [2.24, 2.45) is 11.1 Å². The van der Waals surface area contributed by atoms with Crippen LogP contribution in [-0.2, 0) is 11.3 Å². The highest BCUT2D eigenvalue weighted by atomic mass is 16.3. The van der Waals surface area contributed by atoms with Gasteiger partial charge in [-0.05, 0) is 36.9 Å². The highest BCUT2D eigenvalue weighted by Gasteiger charge is 2.20. The van der Waals surface area contributed by atoms with Crippen molar-refractivity contribution in [3.05, 3.63) is 24.2 Å². The molecule has 1 aromatic heterocycles. The lowest BCUT2D eigenvalue weighted by Gasteiger charge is -2.24. The molecule has 1 rings (SSSR count). The first-order valence-corrected chi connectivity index (χ1v) is 6.41. The van der Waals surface area contributed by atoms with Crippen LogP contribution in [0.4, 0.5) is 0 Å². The molecule has 2 N–H and O–H groups in total. The molecule has 0 saturated carbocycles. The summed E-state index contributed by atoms with van der Waals surface area (Å²) in [4.78, 5) is 13.7. The van der Waals surface area contributed by atoms with Crippen LogP contribution in [0.5, 0.6) is 0 Å². The second-order valence-electron chi connectivity index (χ2n) is 5.53. The van der Waals surface area contributed by atoms with Gasteiger partial charge in [0, 0.05) is 13.5 Å². The van der Waals surface area contributed by atoms with E-state index in [9.17, 15) is 4.79 Å². The second kappa shape index (κ2) is 6.59. The Morgan fingerprint density at radius 2 is 2.17 bits per heavy atom. The van der Waals surface area contributed by atoms with Crippen molar-refractivity contribution in [2.75, 3.05) is 13.6 Å². The van der Waals surface area contributed by atoms with E-state index in [0.717, 1.165) is 18.6 Å². The minimum Gasteiger partial charge on any atom is -0.467 e. The van der Waals surface area contributed by atoms with Crippen LogP contribution in [0.2, 0.25) is 0 Å². The summed E-state index contributed by atoms with van der Waals surface area (Å²) < 4.78 is 5.23. The molecule has 0 aliphatic rings. The van der Waals surface area contributed by atoms with E-state index in [1.54, 1.807) is 18.2 Å². The lowest BCUT2D eigenvalue weighted by atomic mass is 9.84. The molecule has 0 aliphatic carbocycles. The number of hydrogen-bond acceptors (Lipinski definition) is 3. The number of nitrogens with two attached hydrogens (primary N) is 1. The molecule has 0 atom stereocenters. The van der Waals surface area contributed by atoms with Gasteiger partial charge >= 0.3 is 0 Å². The van der Waals surface area contributed by atoms with E-state index in [0.29, 0.717) is 19.5 Å². The fourth-order valence-corrected chi connectivity index (χ4v) is 1.88. The van der Waals surface area contributed by atoms with Crippen molar-refractivity contribution in [1.29, 1.82) is 0 Å². The molecule has 18 heavy (non-hydrogen) atoms. The van der Waals surface area contributed by atoms with Gasteiger partial charge in [0.05, 0.1) is 12.8 Å². The van der Waals surface area contributed by atoms with E-state index in [-0.39, 0.29) is 11.3 Å². The average molecular weight is 252 g/mol. The Kier molecular flexibility index (Phi) is 5.41. The summed E-state index contributed by atoms with van der Waals surface area (Å²) >= 11 is 0. The Balaban J connectivity index is 2.36. The standard InChI is InChI=1S/C14H24N2O2/c1-14(2,8-9-15)7-6-13(17)16(3)11-12-5-4-10-18-12/h4-5,10H,6-9,11,15H2,1-3H3. The average Bonchev–Trinajstić information content (AvgIpc) is 2.78. The van der Waals surface area contributed by atoms with Crippen LogP contribution in [0.25, 0.3) is 0 Å². The van der Waals surface area contributed by atoms with Gasteiger partial charge < -0.3 is 15.1 Å². The van der Waals surface area contributed by atoms with Crippen molar-refractivity contribution in [3.8, 4) is 0 Å². The molecule has 0 radical (unpaired) electrons. The monoisotopic (exact) mass is 252 g/mol. The molecule has 4 heteroatoms. The van der Waals surface area contributed by atoms with E-state index < -0.39 is 0 Å². The summed E-state index contributed by atoms with van der Waals surface area (Å²) in [6.45, 7) is 5.51. The fourth-order valence-electron chi connectivity index (χ4n) is 1.88. The zero-order chi connectivity index (χ0) is 13.6. The first-order chi connectivity index (χ1) is 8.44. The third-order valence-corrected chi connectivity index (χ3v) is 3.24. The van der Waals surface area contributed by atoms with Gasteiger partial charge in [0.25, 0.3) is 0 Å². The molecule has 0 saturated heterocycles. The third-order valence-electron chi connectivity index (χ3n) is 3.24. The van der Waals surface area contributed by atoms with Gasteiger partial charge in [0.2, 0.25) is 5.91 Å². The highest BCUT2D eigenvalue weighted by Crippen LogP contribution is 2.26. The zero-order valence-electron chi connectivity index (χ0n) is 11.6. The maximum absolute atomic E-state index is 12.0. The van der Waals surface area contributed by atoms with E-state index in [1.165, 1.54) is 0 Å². The molecular weight excluding hydrogens is 228 g/mol. The van der Waals surface area contributed by atoms with E-state index in [4.69, 9.17) is 10.2 Å². The quantitative estimate of drug-likeness (QED) is 0.810. The minimum absolute atomic E-state index is 0.135. The Morgan fingerprint density at radius 1 is 1.44 bits per heavy atom. The number of rotatable bonds is 7. The van der Waals surface area contributed by atoms with Gasteiger partial charge in [0.15, 0.2) is 0 Å². The van der Waals surface area contributed by atoms with Crippen LogP contribution in [-0.4, -0.2) is 24.4 Å². The molecule has 0 fully saturated rings. The lowest BCUT2D eigenvalue weighted by Crippen LogP contribution is -2.27. The minimum atomic E-state index is 0.135. The molecule has 102 valence electrons. The summed E-state index contributed by atoms with van der Waals surface area (Å²) in [6, 6.07) is 3.71. The van der Waals surface area contributed by atoms with Crippen molar-refractivity contribution < 1.29 is 9.21 Å². The third kappa shape index (κ3) is 4.92. The normalized spacial score (nSPS) is 11.6. The van der Waals surface area contributed by atoms with Crippen LogP contribution in [0.1, 0.15) is 38.9 Å². The first-order valence-electron chi connectivity index (χ1n) is 6.41. The van der Waals surface area contributed by atoms with Crippen LogP contribution >= 0.6 is 0 Å². The van der Waals surface area contributed by atoms with Crippen LogP contribution in [0.3, 0.4) is 0 Å². The molecule has 0 aliphatic heterocycles. The molecule has 0 unspecified atom stereocenters. The SMILES string of the molecule is CN(Cc1ccco1)C(=O)CCC(C)(C)CCN. The van der Waals surface area contributed by atoms with Gasteiger partial charge in [-0.2, -0.15) is 0 Å². The Labute approximate surface area is 109 Å². The molecule has 4 nitrogen and oxygen atoms in total. The summed E-state index contributed by atoms with van der Waals surface area (Å²) in [6.07, 6.45) is 4.00. The summed E-state index contributed by atoms with van der Waals surface area (Å²) in [5, 5.41) is 0. The van der Waals surface area contributed by atoms with E-state index >= 15 is 0 Å². The molecule has 0 spiro atoms. The number of carbonyl (C=O) groups excluding carboxylic acids is 1. The molecule has 0 bridgehead atoms. The van der Waals surface area contributed by atoms with Gasteiger partial charge in [-0.15, -0.1) is 0 Å². The van der Waals surface area contributed by atoms with E-state index in [2.05, 4.69) is 13.8 Å². The maximum atomic E-state index is 12.0. The second-order valence-corrected chi connectivity index (χ2v) is 5.53. The van der Waals surface area contributed by atoms with E-state index in [1.807, 2.05) is 12.1 Å². The van der Waals surface area contributed by atoms with Crippen molar-refractivity contribution >= 4 is 5.91 Å². The highest BCUT2D eigenvalue weighted by molar-refractivity contribution is 5.75. The molecule has 0 aromatic carbocycles. The van der Waals surface area contributed by atoms with Crippen LogP contribution in [0, 0.1) is 5.41 Å². The molecule has 1 heterocycles. The Bertz CT molecular complexity index is 358. The first kappa shape index (κ1) is 14.8. The van der Waals surface area contributed by atoms with Crippen LogP contribution in [0.15, 0.2) is 22.8 Å². The number of nitrogens with zero attached hydrogens (tertiary/aromatic N) is 1. The summed E-state index contributed by atoms with van der Waals surface area (Å²) in [5.41, 5.74) is 5.70. The number of amides is 1. The van der Waals surface area contributed by atoms with Gasteiger partial charge in [0.1, 0.15) is 5.76 Å². The maximum Gasteiger partial charge on any atom is 0.222 e. The zero-order valence-corrected chi connectivity index (χ0v) is 11.6. The van der Waals surface area contributed by atoms with Crippen molar-refractivity contribution in [3.63, 3.8) is 0 Å². The summed E-state index contributed by atoms with van der Waals surface area (Å²) in [5.74, 6) is 0.962. The molecule has 1 amide bonds. The predicted octanol–water partition coefficient (Wildman–Crippen LogP) is 2.39. The Morgan fingerprint density at radius 3 is 2.72 bits per heavy atom. The number of carbonyl (C=O) groups is 1. The Hall–Kier alpha value is -1.29. The summed E-state index contributed by atoms with van der Waals surface area (Å²) in [7, 11) is 1.81. The topological polar surface area (TPSA) is 59.5 Å². The number of hydrogen-bond donors (Lipinski definition) is 1. The molecular formula is C14H24N2O2. The van der Waals surface area contributed by atoms with Crippen LogP contribution < -0.4 is 5.73 Å². The largest absolute Gasteiger partial charge is 0.467 e. The number of furan rings is 1. The molecule has 1 aromatic rings. The van der Waals surface area contributed by atoms with Gasteiger partial charge in [-0.3, -0.25) is 4.79 Å². The lowest BCUT2D eigenvalue weighted by molar-refractivity contribution is -0.131.